The van der Waals surface area contributed by atoms with Gasteiger partial charge in [0.2, 0.25) is 0 Å². The lowest BCUT2D eigenvalue weighted by molar-refractivity contribution is -0.114. The summed E-state index contributed by atoms with van der Waals surface area (Å²) in [6.45, 7) is 5.38. The maximum atomic E-state index is 11.5. The van der Waals surface area contributed by atoms with Crippen molar-refractivity contribution in [3.8, 4) is 0 Å². The van der Waals surface area contributed by atoms with Crippen molar-refractivity contribution >= 4 is 17.3 Å². The topological polar surface area (TPSA) is 46.2 Å². The number of rotatable bonds is 3. The number of anilines is 1. The van der Waals surface area contributed by atoms with E-state index in [0.29, 0.717) is 12.0 Å². The van der Waals surface area contributed by atoms with Gasteiger partial charge in [-0.2, -0.15) is 0 Å². The van der Waals surface area contributed by atoms with Crippen LogP contribution in [0.4, 0.5) is 5.69 Å². The van der Waals surface area contributed by atoms with Gasteiger partial charge in [-0.05, 0) is 51.0 Å². The van der Waals surface area contributed by atoms with Crippen molar-refractivity contribution < 1.29 is 9.59 Å². The zero-order chi connectivity index (χ0) is 13.3. The molecule has 0 saturated carbocycles. The van der Waals surface area contributed by atoms with Crippen LogP contribution >= 0.6 is 0 Å². The van der Waals surface area contributed by atoms with E-state index >= 15 is 0 Å². The molecule has 1 N–H and O–H groups in total. The number of allylic oxidation sites excluding steroid dienone is 2. The van der Waals surface area contributed by atoms with Crippen molar-refractivity contribution in [2.45, 2.75) is 33.6 Å². The molecule has 0 radical (unpaired) electrons. The molecule has 1 aliphatic carbocycles. The highest BCUT2D eigenvalue weighted by atomic mass is 16.1. The van der Waals surface area contributed by atoms with Crippen LogP contribution in [0.5, 0.6) is 0 Å². The van der Waals surface area contributed by atoms with Gasteiger partial charge in [0, 0.05) is 28.9 Å². The van der Waals surface area contributed by atoms with Gasteiger partial charge in [-0.15, -0.1) is 0 Å². The summed E-state index contributed by atoms with van der Waals surface area (Å²) in [4.78, 5) is 22.7. The summed E-state index contributed by atoms with van der Waals surface area (Å²) in [6, 6.07) is 5.58. The number of carbonyl (C=O) groups excluding carboxylic acids is 2. The van der Waals surface area contributed by atoms with E-state index < -0.39 is 0 Å². The Balaban J connectivity index is 2.26. The van der Waals surface area contributed by atoms with E-state index in [4.69, 9.17) is 0 Å². The Hall–Kier alpha value is -1.90. The molecule has 2 rings (SSSR count). The van der Waals surface area contributed by atoms with Crippen molar-refractivity contribution in [3.05, 3.63) is 40.6 Å². The first kappa shape index (κ1) is 12.6. The summed E-state index contributed by atoms with van der Waals surface area (Å²) < 4.78 is 0. The SMILES string of the molecule is CC(=O)c1ccc(NC2=C(C)C(=O)CC2)c(C)c1. The second kappa shape index (κ2) is 4.77. The fourth-order valence-corrected chi connectivity index (χ4v) is 2.12. The van der Waals surface area contributed by atoms with Crippen LogP contribution in [-0.4, -0.2) is 11.6 Å². The summed E-state index contributed by atoms with van der Waals surface area (Å²) in [5.74, 6) is 0.284. The van der Waals surface area contributed by atoms with Gasteiger partial charge in [0.05, 0.1) is 0 Å². The molecule has 1 aromatic rings. The van der Waals surface area contributed by atoms with Crippen LogP contribution in [0.15, 0.2) is 29.5 Å². The van der Waals surface area contributed by atoms with E-state index in [2.05, 4.69) is 5.32 Å². The molecular formula is C15H17NO2. The van der Waals surface area contributed by atoms with E-state index in [1.165, 1.54) is 0 Å². The van der Waals surface area contributed by atoms with Gasteiger partial charge in [-0.1, -0.05) is 0 Å². The largest absolute Gasteiger partial charge is 0.358 e. The molecule has 0 atom stereocenters. The Morgan fingerprint density at radius 2 is 1.94 bits per heavy atom. The van der Waals surface area contributed by atoms with Crippen LogP contribution in [0.1, 0.15) is 42.6 Å². The van der Waals surface area contributed by atoms with Gasteiger partial charge < -0.3 is 5.32 Å². The molecule has 0 saturated heterocycles. The van der Waals surface area contributed by atoms with Gasteiger partial charge in [-0.25, -0.2) is 0 Å². The monoisotopic (exact) mass is 243 g/mol. The standard InChI is InChI=1S/C15H17NO2/c1-9-8-12(11(3)17)4-5-13(9)16-14-6-7-15(18)10(14)2/h4-5,8,16H,6-7H2,1-3H3. The second-order valence-corrected chi connectivity index (χ2v) is 4.74. The molecule has 1 aliphatic rings. The Kier molecular flexibility index (Phi) is 3.32. The quantitative estimate of drug-likeness (QED) is 0.829. The Bertz CT molecular complexity index is 556. The second-order valence-electron chi connectivity index (χ2n) is 4.74. The lowest BCUT2D eigenvalue weighted by Crippen LogP contribution is -2.02. The van der Waals surface area contributed by atoms with E-state index in [1.807, 2.05) is 32.0 Å². The first-order chi connectivity index (χ1) is 8.49. The average molecular weight is 243 g/mol. The molecule has 0 spiro atoms. The molecule has 1 aromatic carbocycles. The van der Waals surface area contributed by atoms with Crippen LogP contribution in [0.2, 0.25) is 0 Å². The molecule has 0 amide bonds. The van der Waals surface area contributed by atoms with Gasteiger partial charge in [-0.3, -0.25) is 9.59 Å². The Morgan fingerprint density at radius 1 is 1.22 bits per heavy atom. The molecule has 94 valence electrons. The maximum absolute atomic E-state index is 11.5. The molecule has 3 nitrogen and oxygen atoms in total. The summed E-state index contributed by atoms with van der Waals surface area (Å²) in [6.07, 6.45) is 1.37. The fourth-order valence-electron chi connectivity index (χ4n) is 2.12. The van der Waals surface area contributed by atoms with E-state index in [9.17, 15) is 9.59 Å². The van der Waals surface area contributed by atoms with Crippen LogP contribution in [0.25, 0.3) is 0 Å². The zero-order valence-corrected chi connectivity index (χ0v) is 11.0. The highest BCUT2D eigenvalue weighted by Gasteiger charge is 2.19. The van der Waals surface area contributed by atoms with Crippen molar-refractivity contribution in [3.63, 3.8) is 0 Å². The molecular weight excluding hydrogens is 226 g/mol. The minimum absolute atomic E-state index is 0.0658. The number of benzene rings is 1. The molecule has 18 heavy (non-hydrogen) atoms. The molecule has 0 heterocycles. The number of Topliss-reactive ketones (excluding diaryl/α,β-unsaturated/α-hetero) is 2. The first-order valence-corrected chi connectivity index (χ1v) is 6.10. The van der Waals surface area contributed by atoms with Crippen molar-refractivity contribution in [2.75, 3.05) is 5.32 Å². The third kappa shape index (κ3) is 2.35. The number of carbonyl (C=O) groups is 2. The number of hydrogen-bond acceptors (Lipinski definition) is 3. The Morgan fingerprint density at radius 3 is 2.44 bits per heavy atom. The van der Waals surface area contributed by atoms with Crippen molar-refractivity contribution in [1.29, 1.82) is 0 Å². The summed E-state index contributed by atoms with van der Waals surface area (Å²) in [7, 11) is 0. The Labute approximate surface area is 107 Å². The number of ketones is 2. The van der Waals surface area contributed by atoms with Crippen molar-refractivity contribution in [2.24, 2.45) is 0 Å². The van der Waals surface area contributed by atoms with Crippen LogP contribution < -0.4 is 5.32 Å². The highest BCUT2D eigenvalue weighted by molar-refractivity contribution is 5.99. The molecule has 0 aromatic heterocycles. The van der Waals surface area contributed by atoms with E-state index in [0.717, 1.165) is 28.9 Å². The minimum Gasteiger partial charge on any atom is -0.358 e. The lowest BCUT2D eigenvalue weighted by Gasteiger charge is -2.12. The van der Waals surface area contributed by atoms with Gasteiger partial charge in [0.15, 0.2) is 11.6 Å². The van der Waals surface area contributed by atoms with Crippen molar-refractivity contribution in [1.82, 2.24) is 0 Å². The predicted molar refractivity (Wildman–Crippen MR) is 71.7 cm³/mol. The lowest BCUT2D eigenvalue weighted by atomic mass is 10.1. The van der Waals surface area contributed by atoms with Gasteiger partial charge in [0.25, 0.3) is 0 Å². The predicted octanol–water partition coefficient (Wildman–Crippen LogP) is 3.25. The van der Waals surface area contributed by atoms with Crippen LogP contribution in [0, 0.1) is 6.92 Å². The fraction of sp³-hybridized carbons (Fsp3) is 0.333. The van der Waals surface area contributed by atoms with Crippen LogP contribution in [-0.2, 0) is 4.79 Å². The summed E-state index contributed by atoms with van der Waals surface area (Å²) in [5, 5.41) is 3.30. The average Bonchev–Trinajstić information content (AvgIpc) is 2.63. The first-order valence-electron chi connectivity index (χ1n) is 6.10. The summed E-state index contributed by atoms with van der Waals surface area (Å²) >= 11 is 0. The number of hydrogen-bond donors (Lipinski definition) is 1. The number of aryl methyl sites for hydroxylation is 1. The molecule has 0 bridgehead atoms. The molecule has 3 heteroatoms. The molecule has 0 fully saturated rings. The maximum Gasteiger partial charge on any atom is 0.160 e. The third-order valence-electron chi connectivity index (χ3n) is 3.39. The smallest absolute Gasteiger partial charge is 0.160 e. The minimum atomic E-state index is 0.0658. The van der Waals surface area contributed by atoms with E-state index in [1.54, 1.807) is 6.92 Å². The van der Waals surface area contributed by atoms with Crippen LogP contribution in [0.3, 0.4) is 0 Å². The highest BCUT2D eigenvalue weighted by Crippen LogP contribution is 2.26. The van der Waals surface area contributed by atoms with Gasteiger partial charge in [0.1, 0.15) is 0 Å². The van der Waals surface area contributed by atoms with Gasteiger partial charge >= 0.3 is 0 Å². The molecule has 0 aliphatic heterocycles. The number of nitrogens with one attached hydrogen (secondary N) is 1. The normalized spacial score (nSPS) is 15.2. The third-order valence-corrected chi connectivity index (χ3v) is 3.39. The summed E-state index contributed by atoms with van der Waals surface area (Å²) in [5.41, 5.74) is 4.52. The molecule has 0 unspecified atom stereocenters. The van der Waals surface area contributed by atoms with E-state index in [-0.39, 0.29) is 11.6 Å². The zero-order valence-electron chi connectivity index (χ0n) is 11.0.